The normalized spacial score (nSPS) is 19.3. The van der Waals surface area contributed by atoms with E-state index in [2.05, 4.69) is 15.6 Å². The summed E-state index contributed by atoms with van der Waals surface area (Å²) in [5.74, 6) is 0.0704. The predicted molar refractivity (Wildman–Crippen MR) is 73.0 cm³/mol. The number of benzene rings is 1. The number of rotatable bonds is 5. The summed E-state index contributed by atoms with van der Waals surface area (Å²) >= 11 is 0. The van der Waals surface area contributed by atoms with Crippen molar-refractivity contribution in [2.45, 2.75) is 5.92 Å². The molecule has 0 bridgehead atoms. The van der Waals surface area contributed by atoms with Crippen LogP contribution in [0, 0.1) is 0 Å². The van der Waals surface area contributed by atoms with Crippen molar-refractivity contribution in [3.8, 4) is 0 Å². The molecule has 0 spiro atoms. The van der Waals surface area contributed by atoms with Gasteiger partial charge in [0.2, 0.25) is 0 Å². The van der Waals surface area contributed by atoms with Crippen LogP contribution >= 0.6 is 0 Å². The number of nitrogens with zero attached hydrogens (tertiary/aromatic N) is 2. The largest absolute Gasteiger partial charge is 0.409 e. The summed E-state index contributed by atoms with van der Waals surface area (Å²) < 4.78 is 5.29. The molecule has 1 saturated heterocycles. The highest BCUT2D eigenvalue weighted by Gasteiger charge is 2.18. The minimum absolute atomic E-state index is 0.144. The second-order valence-corrected chi connectivity index (χ2v) is 4.45. The van der Waals surface area contributed by atoms with E-state index < -0.39 is 0 Å². The Morgan fingerprint density at radius 1 is 1.37 bits per heavy atom. The number of hydrazine groups is 1. The van der Waals surface area contributed by atoms with Gasteiger partial charge in [-0.05, 0) is 5.56 Å². The third-order valence-corrected chi connectivity index (χ3v) is 3.20. The maximum atomic E-state index is 8.91. The van der Waals surface area contributed by atoms with Crippen LogP contribution in [-0.2, 0) is 4.74 Å². The average molecular weight is 264 g/mol. The van der Waals surface area contributed by atoms with Gasteiger partial charge in [0.15, 0.2) is 0 Å². The van der Waals surface area contributed by atoms with E-state index in [1.165, 1.54) is 0 Å². The lowest BCUT2D eigenvalue weighted by Gasteiger charge is -2.29. The molecule has 2 rings (SSSR count). The predicted octanol–water partition coefficient (Wildman–Crippen LogP) is 0.353. The summed E-state index contributed by atoms with van der Waals surface area (Å²) in [6.07, 6.45) is 0. The van der Waals surface area contributed by atoms with E-state index in [-0.39, 0.29) is 11.8 Å². The number of hydrogen-bond donors (Lipinski definition) is 3. The Labute approximate surface area is 112 Å². The smallest absolute Gasteiger partial charge is 0.148 e. The van der Waals surface area contributed by atoms with Crippen molar-refractivity contribution < 1.29 is 9.94 Å². The van der Waals surface area contributed by atoms with Crippen LogP contribution in [0.25, 0.3) is 0 Å². The molecule has 1 aromatic carbocycles. The number of nitrogens with one attached hydrogen (secondary N) is 1. The molecule has 19 heavy (non-hydrogen) atoms. The second-order valence-electron chi connectivity index (χ2n) is 4.45. The summed E-state index contributed by atoms with van der Waals surface area (Å²) in [6, 6.07) is 9.79. The summed E-state index contributed by atoms with van der Waals surface area (Å²) in [5, 5.41) is 14.1. The summed E-state index contributed by atoms with van der Waals surface area (Å²) in [5.41, 5.74) is 10.1. The Bertz CT molecular complexity index is 404. The van der Waals surface area contributed by atoms with Crippen molar-refractivity contribution in [2.75, 3.05) is 32.8 Å². The van der Waals surface area contributed by atoms with Crippen molar-refractivity contribution in [1.82, 2.24) is 10.4 Å². The molecule has 1 fully saturated rings. The third-order valence-electron chi connectivity index (χ3n) is 3.20. The molecular formula is C13H20N4O2. The first-order chi connectivity index (χ1) is 9.31. The van der Waals surface area contributed by atoms with Crippen LogP contribution in [0.2, 0.25) is 0 Å². The number of nitrogens with two attached hydrogens (primary N) is 1. The highest BCUT2D eigenvalue weighted by atomic mass is 16.5. The van der Waals surface area contributed by atoms with Crippen LogP contribution in [0.3, 0.4) is 0 Å². The summed E-state index contributed by atoms with van der Waals surface area (Å²) in [6.45, 7) is 3.74. The Balaban J connectivity index is 1.98. The maximum Gasteiger partial charge on any atom is 0.148 e. The molecule has 0 radical (unpaired) electrons. The molecule has 1 heterocycles. The molecule has 0 aromatic heterocycles. The number of morpholine rings is 1. The molecule has 0 aliphatic carbocycles. The maximum absolute atomic E-state index is 8.91. The minimum Gasteiger partial charge on any atom is -0.409 e. The molecular weight excluding hydrogens is 244 g/mol. The van der Waals surface area contributed by atoms with Crippen LogP contribution in [0.15, 0.2) is 35.5 Å². The molecule has 1 atom stereocenters. The molecule has 1 unspecified atom stereocenters. The number of oxime groups is 1. The van der Waals surface area contributed by atoms with Gasteiger partial charge in [-0.3, -0.25) is 5.43 Å². The lowest BCUT2D eigenvalue weighted by Crippen LogP contribution is -2.48. The van der Waals surface area contributed by atoms with Gasteiger partial charge in [0, 0.05) is 19.6 Å². The van der Waals surface area contributed by atoms with Crippen LogP contribution in [0.5, 0.6) is 0 Å². The Morgan fingerprint density at radius 2 is 2.05 bits per heavy atom. The quantitative estimate of drug-likeness (QED) is 0.309. The van der Waals surface area contributed by atoms with E-state index in [1.807, 2.05) is 30.3 Å². The number of hydrogen-bond acceptors (Lipinski definition) is 5. The van der Waals surface area contributed by atoms with Crippen molar-refractivity contribution in [1.29, 1.82) is 0 Å². The van der Waals surface area contributed by atoms with Gasteiger partial charge in [0.05, 0.1) is 19.1 Å². The summed E-state index contributed by atoms with van der Waals surface area (Å²) in [7, 11) is 0. The lowest BCUT2D eigenvalue weighted by molar-refractivity contribution is 0.0119. The van der Waals surface area contributed by atoms with Crippen LogP contribution in [0.4, 0.5) is 0 Å². The first-order valence-electron chi connectivity index (χ1n) is 6.40. The van der Waals surface area contributed by atoms with Crippen molar-refractivity contribution in [3.05, 3.63) is 35.9 Å². The standard InChI is InChI=1S/C13H20N4O2/c14-13(16-18)12(11-4-2-1-3-5-11)10-15-17-6-8-19-9-7-17/h1-5,12,15,18H,6-10H2,(H2,14,16). The van der Waals surface area contributed by atoms with E-state index in [0.717, 1.165) is 31.9 Å². The molecule has 1 aliphatic rings. The molecule has 0 saturated carbocycles. The van der Waals surface area contributed by atoms with E-state index in [4.69, 9.17) is 15.7 Å². The summed E-state index contributed by atoms with van der Waals surface area (Å²) in [4.78, 5) is 0. The van der Waals surface area contributed by atoms with Crippen molar-refractivity contribution >= 4 is 5.84 Å². The highest BCUT2D eigenvalue weighted by Crippen LogP contribution is 2.15. The Kier molecular flexibility index (Phi) is 5.14. The topological polar surface area (TPSA) is 83.1 Å². The van der Waals surface area contributed by atoms with Gasteiger partial charge in [0.1, 0.15) is 5.84 Å². The van der Waals surface area contributed by atoms with Gasteiger partial charge in [-0.25, -0.2) is 5.01 Å². The fourth-order valence-corrected chi connectivity index (χ4v) is 2.09. The van der Waals surface area contributed by atoms with E-state index in [1.54, 1.807) is 0 Å². The fourth-order valence-electron chi connectivity index (χ4n) is 2.09. The average Bonchev–Trinajstić information content (AvgIpc) is 2.49. The highest BCUT2D eigenvalue weighted by molar-refractivity contribution is 5.87. The van der Waals surface area contributed by atoms with E-state index in [0.29, 0.717) is 6.54 Å². The van der Waals surface area contributed by atoms with Gasteiger partial charge in [-0.15, -0.1) is 0 Å². The Hall–Kier alpha value is -1.63. The fraction of sp³-hybridized carbons (Fsp3) is 0.462. The van der Waals surface area contributed by atoms with Gasteiger partial charge in [-0.1, -0.05) is 35.5 Å². The second kappa shape index (κ2) is 7.08. The van der Waals surface area contributed by atoms with Crippen LogP contribution in [0.1, 0.15) is 11.5 Å². The molecule has 104 valence electrons. The van der Waals surface area contributed by atoms with Crippen LogP contribution < -0.4 is 11.2 Å². The first kappa shape index (κ1) is 13.8. The van der Waals surface area contributed by atoms with Gasteiger partial charge < -0.3 is 15.7 Å². The van der Waals surface area contributed by atoms with Crippen LogP contribution in [-0.4, -0.2) is 48.9 Å². The zero-order valence-electron chi connectivity index (χ0n) is 10.8. The Morgan fingerprint density at radius 3 is 2.68 bits per heavy atom. The van der Waals surface area contributed by atoms with Crippen molar-refractivity contribution in [3.63, 3.8) is 0 Å². The van der Waals surface area contributed by atoms with Crippen molar-refractivity contribution in [2.24, 2.45) is 10.9 Å². The molecule has 1 aromatic rings. The third kappa shape index (κ3) is 3.92. The number of amidine groups is 1. The van der Waals surface area contributed by atoms with Gasteiger partial charge >= 0.3 is 0 Å². The molecule has 6 nitrogen and oxygen atoms in total. The van der Waals surface area contributed by atoms with Gasteiger partial charge in [-0.2, -0.15) is 0 Å². The first-order valence-corrected chi connectivity index (χ1v) is 6.40. The van der Waals surface area contributed by atoms with E-state index >= 15 is 0 Å². The molecule has 1 aliphatic heterocycles. The minimum atomic E-state index is -0.144. The zero-order valence-corrected chi connectivity index (χ0v) is 10.8. The van der Waals surface area contributed by atoms with E-state index in [9.17, 15) is 0 Å². The molecule has 6 heteroatoms. The molecule has 4 N–H and O–H groups in total. The monoisotopic (exact) mass is 264 g/mol. The SMILES string of the molecule is N/C(=N/O)C(CNN1CCOCC1)c1ccccc1. The van der Waals surface area contributed by atoms with Gasteiger partial charge in [0.25, 0.3) is 0 Å². The zero-order chi connectivity index (χ0) is 13.5. The molecule has 0 amide bonds. The number of ether oxygens (including phenoxy) is 1. The lowest BCUT2D eigenvalue weighted by atomic mass is 9.98.